The molecule has 1 aromatic heterocycles. The summed E-state index contributed by atoms with van der Waals surface area (Å²) in [6.45, 7) is 0. The van der Waals surface area contributed by atoms with Gasteiger partial charge in [0.2, 0.25) is 10.5 Å². The number of nitrogens with zero attached hydrogens (tertiary/aromatic N) is 1. The third kappa shape index (κ3) is 4.06. The summed E-state index contributed by atoms with van der Waals surface area (Å²) in [5.74, 6) is 0. The standard InChI is InChI=1S/C28H22NO2S2/c1-29(2)20-13-11-19(12-14-20)28(31)32-21-15-17-22(18-16-21)33-25-9-5-3-7-23(25)27(30)24-8-4-6-10-26(24)33/h3-18H,1-2H3/q+1. The molecule has 33 heavy (non-hydrogen) atoms. The maximum absolute atomic E-state index is 13.0. The monoisotopic (exact) mass is 468 g/mol. The minimum absolute atomic E-state index is 0.0226. The lowest BCUT2D eigenvalue weighted by Crippen LogP contribution is -2.08. The molecule has 5 rings (SSSR count). The van der Waals surface area contributed by atoms with Crippen LogP contribution in [-0.4, -0.2) is 19.2 Å². The van der Waals surface area contributed by atoms with Gasteiger partial charge in [-0.25, -0.2) is 0 Å². The van der Waals surface area contributed by atoms with Gasteiger partial charge in [0, 0.05) is 40.7 Å². The van der Waals surface area contributed by atoms with Crippen LogP contribution in [0.4, 0.5) is 5.69 Å². The number of carbonyl (C=O) groups excluding carboxylic acids is 1. The van der Waals surface area contributed by atoms with E-state index in [2.05, 4.69) is 24.3 Å². The van der Waals surface area contributed by atoms with Gasteiger partial charge >= 0.3 is 0 Å². The Morgan fingerprint density at radius 3 is 1.82 bits per heavy atom. The van der Waals surface area contributed by atoms with Crippen LogP contribution in [0.15, 0.2) is 107 Å². The third-order valence-electron chi connectivity index (χ3n) is 5.59. The van der Waals surface area contributed by atoms with Gasteiger partial charge in [-0.2, -0.15) is 0 Å². The molecule has 0 atom stereocenters. The van der Waals surface area contributed by atoms with Crippen LogP contribution in [0.5, 0.6) is 0 Å². The fraction of sp³-hybridized carbons (Fsp3) is 0.0714. The Morgan fingerprint density at radius 2 is 1.27 bits per heavy atom. The topological polar surface area (TPSA) is 37.4 Å². The highest BCUT2D eigenvalue weighted by Crippen LogP contribution is 2.43. The van der Waals surface area contributed by atoms with Gasteiger partial charge in [-0.3, -0.25) is 9.59 Å². The highest BCUT2D eigenvalue weighted by atomic mass is 32.2. The first-order chi connectivity index (χ1) is 16.0. The molecule has 0 aliphatic heterocycles. The Morgan fingerprint density at radius 1 is 0.727 bits per heavy atom. The van der Waals surface area contributed by atoms with Crippen molar-refractivity contribution in [1.82, 2.24) is 0 Å². The lowest BCUT2D eigenvalue weighted by atomic mass is 10.2. The first-order valence-electron chi connectivity index (χ1n) is 10.6. The fourth-order valence-electron chi connectivity index (χ4n) is 3.89. The van der Waals surface area contributed by atoms with E-state index in [1.165, 1.54) is 11.8 Å². The molecule has 3 nitrogen and oxygen atoms in total. The summed E-state index contributed by atoms with van der Waals surface area (Å²) < 4.78 is 2.11. The van der Waals surface area contributed by atoms with Crippen molar-refractivity contribution in [3.63, 3.8) is 0 Å². The largest absolute Gasteiger partial charge is 0.378 e. The van der Waals surface area contributed by atoms with Crippen LogP contribution in [0.25, 0.3) is 25.1 Å². The lowest BCUT2D eigenvalue weighted by molar-refractivity contribution is 0.108. The molecule has 0 saturated heterocycles. The predicted molar refractivity (Wildman–Crippen MR) is 142 cm³/mol. The Balaban J connectivity index is 1.50. The number of thioether (sulfide) groups is 1. The molecule has 4 aromatic carbocycles. The van der Waals surface area contributed by atoms with Crippen LogP contribution in [0, 0.1) is 0 Å². The van der Waals surface area contributed by atoms with E-state index < -0.39 is 0 Å². The molecule has 162 valence electrons. The Hall–Kier alpha value is -3.41. The molecule has 0 bridgehead atoms. The van der Waals surface area contributed by atoms with Crippen molar-refractivity contribution in [2.24, 2.45) is 0 Å². The zero-order valence-electron chi connectivity index (χ0n) is 18.3. The minimum Gasteiger partial charge on any atom is -0.378 e. The average molecular weight is 469 g/mol. The first kappa shape index (κ1) is 21.4. The zero-order chi connectivity index (χ0) is 22.9. The molecule has 0 unspecified atom stereocenters. The van der Waals surface area contributed by atoms with Crippen molar-refractivity contribution in [3.8, 4) is 4.90 Å². The van der Waals surface area contributed by atoms with Gasteiger partial charge in [-0.15, -0.1) is 0 Å². The molecular weight excluding hydrogens is 446 g/mol. The minimum atomic E-state index is -0.362. The van der Waals surface area contributed by atoms with Crippen molar-refractivity contribution >= 4 is 53.2 Å². The van der Waals surface area contributed by atoms with E-state index in [0.29, 0.717) is 5.56 Å². The van der Waals surface area contributed by atoms with Gasteiger partial charge in [-0.1, -0.05) is 24.3 Å². The molecule has 0 amide bonds. The van der Waals surface area contributed by atoms with Crippen LogP contribution in [0.2, 0.25) is 0 Å². The molecule has 5 heteroatoms. The maximum Gasteiger partial charge on any atom is 0.224 e. The van der Waals surface area contributed by atoms with E-state index in [1.54, 1.807) is 0 Å². The summed E-state index contributed by atoms with van der Waals surface area (Å²) in [6.07, 6.45) is 0. The van der Waals surface area contributed by atoms with E-state index in [9.17, 15) is 9.59 Å². The second-order valence-corrected chi connectivity index (χ2v) is 10.9. The first-order valence-corrected chi connectivity index (χ1v) is 12.6. The summed E-state index contributed by atoms with van der Waals surface area (Å²) in [6, 6.07) is 31.6. The quantitative estimate of drug-likeness (QED) is 0.160. The summed E-state index contributed by atoms with van der Waals surface area (Å²) >= 11 is 1.23. The van der Waals surface area contributed by atoms with Crippen LogP contribution in [-0.2, 0) is 0 Å². The van der Waals surface area contributed by atoms with Gasteiger partial charge in [0.1, 0.15) is 0 Å². The predicted octanol–water partition coefficient (Wildman–Crippen LogP) is 7.09. The molecule has 0 aliphatic carbocycles. The van der Waals surface area contributed by atoms with Gasteiger partial charge in [-0.05, 0) is 84.6 Å². The van der Waals surface area contributed by atoms with E-state index in [0.717, 1.165) is 35.7 Å². The van der Waals surface area contributed by atoms with Crippen molar-refractivity contribution in [2.45, 2.75) is 4.90 Å². The molecule has 1 heterocycles. The van der Waals surface area contributed by atoms with Gasteiger partial charge in [0.15, 0.2) is 14.3 Å². The Bertz CT molecular complexity index is 1480. The van der Waals surface area contributed by atoms with E-state index >= 15 is 0 Å². The van der Waals surface area contributed by atoms with Crippen molar-refractivity contribution in [3.05, 3.63) is 113 Å². The van der Waals surface area contributed by atoms with Gasteiger partial charge in [0.05, 0.1) is 10.8 Å². The fourth-order valence-corrected chi connectivity index (χ4v) is 6.97. The number of anilines is 1. The number of hydrogen-bond acceptors (Lipinski definition) is 4. The molecular formula is C28H22NO2S2+. The van der Waals surface area contributed by atoms with Crippen molar-refractivity contribution < 1.29 is 4.79 Å². The van der Waals surface area contributed by atoms with Crippen molar-refractivity contribution in [1.29, 1.82) is 0 Å². The Kier molecular flexibility index (Phi) is 5.75. The third-order valence-corrected chi connectivity index (χ3v) is 8.86. The van der Waals surface area contributed by atoms with E-state index in [-0.39, 0.29) is 21.0 Å². The number of hydrogen-bond donors (Lipinski definition) is 0. The van der Waals surface area contributed by atoms with E-state index in [1.807, 2.05) is 91.8 Å². The lowest BCUT2D eigenvalue weighted by Gasteiger charge is -2.12. The number of fused-ring (bicyclic) bond motifs is 2. The average Bonchev–Trinajstić information content (AvgIpc) is 2.85. The SMILES string of the molecule is CN(C)c1ccc(C(=O)Sc2ccc(-[s+]3c4ccccc4c(=O)c4ccccc43)cc2)cc1. The number of rotatable bonds is 4. The summed E-state index contributed by atoms with van der Waals surface area (Å²) in [5.41, 5.74) is 1.83. The number of carbonyl (C=O) groups is 1. The summed E-state index contributed by atoms with van der Waals surface area (Å²) in [4.78, 5) is 29.8. The van der Waals surface area contributed by atoms with Crippen LogP contribution >= 0.6 is 22.2 Å². The smallest absolute Gasteiger partial charge is 0.224 e. The second-order valence-electron chi connectivity index (χ2n) is 7.93. The zero-order valence-corrected chi connectivity index (χ0v) is 20.0. The maximum atomic E-state index is 13.0. The molecule has 0 radical (unpaired) electrons. The molecule has 0 fully saturated rings. The molecule has 0 spiro atoms. The molecule has 0 N–H and O–H groups in total. The Labute approximate surface area is 199 Å². The molecule has 5 aromatic rings. The highest BCUT2D eigenvalue weighted by molar-refractivity contribution is 8.14. The van der Waals surface area contributed by atoms with E-state index in [4.69, 9.17) is 0 Å². The van der Waals surface area contributed by atoms with Crippen LogP contribution in [0.1, 0.15) is 10.4 Å². The normalized spacial score (nSPS) is 11.1. The van der Waals surface area contributed by atoms with Crippen LogP contribution in [0.3, 0.4) is 0 Å². The van der Waals surface area contributed by atoms with Gasteiger partial charge in [0.25, 0.3) is 0 Å². The van der Waals surface area contributed by atoms with Gasteiger partial charge < -0.3 is 4.90 Å². The summed E-state index contributed by atoms with van der Waals surface area (Å²) in [7, 11) is 3.60. The number of benzene rings is 4. The van der Waals surface area contributed by atoms with Crippen LogP contribution < -0.4 is 10.3 Å². The molecule has 0 saturated carbocycles. The molecule has 0 aliphatic rings. The van der Waals surface area contributed by atoms with Crippen molar-refractivity contribution in [2.75, 3.05) is 19.0 Å². The second kappa shape index (κ2) is 8.85. The highest BCUT2D eigenvalue weighted by Gasteiger charge is 2.22. The summed E-state index contributed by atoms with van der Waals surface area (Å²) in [5, 5.41) is 1.57.